The Morgan fingerprint density at radius 3 is 2.40 bits per heavy atom. The minimum atomic E-state index is -0.930. The summed E-state index contributed by atoms with van der Waals surface area (Å²) in [6.07, 6.45) is 1.36. The summed E-state index contributed by atoms with van der Waals surface area (Å²) in [5.74, 6) is -0.588. The van der Waals surface area contributed by atoms with Gasteiger partial charge in [0.1, 0.15) is 18.2 Å². The lowest BCUT2D eigenvalue weighted by Gasteiger charge is -2.13. The van der Waals surface area contributed by atoms with Crippen molar-refractivity contribution in [2.24, 2.45) is 5.10 Å². The van der Waals surface area contributed by atoms with Gasteiger partial charge in [-0.25, -0.2) is 9.82 Å². The molecule has 0 spiro atoms. The number of halogens is 2. The van der Waals surface area contributed by atoms with Gasteiger partial charge in [0.25, 0.3) is 0 Å². The number of carbonyl (C=O) groups is 2. The van der Waals surface area contributed by atoms with Crippen molar-refractivity contribution in [2.45, 2.75) is 13.5 Å². The molecule has 0 aliphatic carbocycles. The Hall–Kier alpha value is -3.92. The third kappa shape index (κ3) is 7.54. The van der Waals surface area contributed by atoms with Crippen LogP contribution in [-0.4, -0.2) is 31.7 Å². The van der Waals surface area contributed by atoms with Gasteiger partial charge in [-0.2, -0.15) is 5.10 Å². The van der Waals surface area contributed by atoms with Crippen molar-refractivity contribution >= 4 is 39.6 Å². The second kappa shape index (κ2) is 12.5. The van der Waals surface area contributed by atoms with Crippen LogP contribution in [0.1, 0.15) is 18.1 Å². The van der Waals surface area contributed by atoms with E-state index in [-0.39, 0.29) is 12.4 Å². The van der Waals surface area contributed by atoms with Gasteiger partial charge in [-0.3, -0.25) is 9.59 Å². The average Bonchev–Trinajstić information content (AvgIpc) is 2.85. The lowest BCUT2D eigenvalue weighted by molar-refractivity contribution is -0.136. The lowest BCUT2D eigenvalue weighted by Crippen LogP contribution is -2.32. The number of hydrazone groups is 1. The molecule has 0 aromatic heterocycles. The number of hydrogen-bond donors (Lipinski definition) is 2. The third-order valence-electron chi connectivity index (χ3n) is 4.56. The fraction of sp³-hybridized carbons (Fsp3) is 0.160. The van der Waals surface area contributed by atoms with Crippen molar-refractivity contribution in [1.82, 2.24) is 5.43 Å². The molecule has 0 heterocycles. The number of carbonyl (C=O) groups excluding carboxylic acids is 2. The van der Waals surface area contributed by atoms with E-state index in [9.17, 15) is 14.0 Å². The number of benzene rings is 3. The summed E-state index contributed by atoms with van der Waals surface area (Å²) in [6, 6.07) is 16.0. The molecule has 0 fully saturated rings. The van der Waals surface area contributed by atoms with Gasteiger partial charge in [-0.05, 0) is 82.5 Å². The highest BCUT2D eigenvalue weighted by Crippen LogP contribution is 2.36. The van der Waals surface area contributed by atoms with E-state index in [1.807, 2.05) is 6.92 Å². The van der Waals surface area contributed by atoms with Gasteiger partial charge in [0.2, 0.25) is 0 Å². The van der Waals surface area contributed by atoms with Crippen LogP contribution in [0.2, 0.25) is 0 Å². The number of amides is 2. The first-order chi connectivity index (χ1) is 16.9. The van der Waals surface area contributed by atoms with Crippen LogP contribution < -0.4 is 25.0 Å². The summed E-state index contributed by atoms with van der Waals surface area (Å²) in [4.78, 5) is 24.1. The second-order valence-electron chi connectivity index (χ2n) is 7.06. The van der Waals surface area contributed by atoms with Gasteiger partial charge < -0.3 is 19.5 Å². The van der Waals surface area contributed by atoms with Gasteiger partial charge in [0, 0.05) is 5.69 Å². The van der Waals surface area contributed by atoms with Crippen molar-refractivity contribution in [1.29, 1.82) is 0 Å². The number of hydrogen-bond acceptors (Lipinski definition) is 6. The van der Waals surface area contributed by atoms with Gasteiger partial charge in [0.15, 0.2) is 11.5 Å². The molecule has 2 N–H and O–H groups in total. The number of anilines is 1. The largest absolute Gasteiger partial charge is 0.494 e. The maximum absolute atomic E-state index is 13.1. The molecule has 35 heavy (non-hydrogen) atoms. The maximum Gasteiger partial charge on any atom is 0.329 e. The fourth-order valence-electron chi connectivity index (χ4n) is 2.90. The first-order valence-electron chi connectivity index (χ1n) is 10.5. The topological polar surface area (TPSA) is 98.2 Å². The molecule has 0 saturated heterocycles. The molecular weight excluding hydrogens is 521 g/mol. The second-order valence-corrected chi connectivity index (χ2v) is 7.91. The van der Waals surface area contributed by atoms with E-state index in [1.54, 1.807) is 48.5 Å². The zero-order chi connectivity index (χ0) is 25.2. The molecule has 0 saturated carbocycles. The predicted molar refractivity (Wildman–Crippen MR) is 133 cm³/mol. The predicted octanol–water partition coefficient (Wildman–Crippen LogP) is 4.66. The Morgan fingerprint density at radius 2 is 1.74 bits per heavy atom. The molecule has 0 atom stereocenters. The molecule has 3 rings (SSSR count). The van der Waals surface area contributed by atoms with Crippen molar-refractivity contribution in [3.8, 4) is 17.2 Å². The van der Waals surface area contributed by atoms with E-state index in [4.69, 9.17) is 14.2 Å². The maximum atomic E-state index is 13.1. The summed E-state index contributed by atoms with van der Waals surface area (Å²) in [5.41, 5.74) is 4.00. The number of ether oxygens (including phenoxy) is 3. The number of rotatable bonds is 9. The quantitative estimate of drug-likeness (QED) is 0.232. The monoisotopic (exact) mass is 543 g/mol. The standard InChI is InChI=1S/C25H23BrFN3O5/c1-3-34-20-10-8-19(9-11-20)29-24(31)25(32)30-28-14-17-12-21(26)23(22(13-17)33-2)35-15-16-4-6-18(27)7-5-16/h4-14H,3,15H2,1-2H3,(H,29,31)(H,30,32)/b28-14+. The molecule has 0 radical (unpaired) electrons. The van der Waals surface area contributed by atoms with Gasteiger partial charge >= 0.3 is 11.8 Å². The van der Waals surface area contributed by atoms with E-state index >= 15 is 0 Å². The van der Waals surface area contributed by atoms with E-state index in [0.29, 0.717) is 39.6 Å². The Kier molecular flexibility index (Phi) is 9.19. The zero-order valence-electron chi connectivity index (χ0n) is 19.0. The summed E-state index contributed by atoms with van der Waals surface area (Å²) in [7, 11) is 1.49. The van der Waals surface area contributed by atoms with Crippen molar-refractivity contribution in [3.63, 3.8) is 0 Å². The molecular formula is C25H23BrFN3O5. The van der Waals surface area contributed by atoms with Crippen LogP contribution in [0.3, 0.4) is 0 Å². The minimum Gasteiger partial charge on any atom is -0.494 e. The van der Waals surface area contributed by atoms with Crippen LogP contribution in [0.4, 0.5) is 10.1 Å². The van der Waals surface area contributed by atoms with Crippen LogP contribution in [0.5, 0.6) is 17.2 Å². The van der Waals surface area contributed by atoms with Crippen molar-refractivity contribution < 1.29 is 28.2 Å². The molecule has 182 valence electrons. The molecule has 10 heteroatoms. The Bertz CT molecular complexity index is 1200. The Balaban J connectivity index is 1.58. The number of nitrogens with zero attached hydrogens (tertiary/aromatic N) is 1. The Morgan fingerprint density at radius 1 is 1.03 bits per heavy atom. The highest BCUT2D eigenvalue weighted by molar-refractivity contribution is 9.10. The van der Waals surface area contributed by atoms with Crippen molar-refractivity contribution in [3.05, 3.63) is 82.1 Å². The smallest absolute Gasteiger partial charge is 0.329 e. The van der Waals surface area contributed by atoms with Crippen LogP contribution in [0.15, 0.2) is 70.2 Å². The SMILES string of the molecule is CCOc1ccc(NC(=O)C(=O)N/N=C/c2cc(Br)c(OCc3ccc(F)cc3)c(OC)c2)cc1. The molecule has 3 aromatic rings. The van der Waals surface area contributed by atoms with Crippen LogP contribution in [-0.2, 0) is 16.2 Å². The summed E-state index contributed by atoms with van der Waals surface area (Å²) >= 11 is 3.43. The molecule has 8 nitrogen and oxygen atoms in total. The molecule has 0 bridgehead atoms. The summed E-state index contributed by atoms with van der Waals surface area (Å²) < 4.78 is 30.2. The van der Waals surface area contributed by atoms with Crippen molar-refractivity contribution in [2.75, 3.05) is 19.0 Å². The molecule has 0 aliphatic heterocycles. The highest BCUT2D eigenvalue weighted by atomic mass is 79.9. The lowest BCUT2D eigenvalue weighted by atomic mass is 10.2. The van der Waals surface area contributed by atoms with Crippen LogP contribution in [0, 0.1) is 5.82 Å². The first kappa shape index (κ1) is 25.7. The summed E-state index contributed by atoms with van der Waals surface area (Å²) in [5, 5.41) is 6.31. The number of nitrogens with one attached hydrogen (secondary N) is 2. The van der Waals surface area contributed by atoms with Gasteiger partial charge in [-0.1, -0.05) is 12.1 Å². The van der Waals surface area contributed by atoms with E-state index in [2.05, 4.69) is 31.8 Å². The van der Waals surface area contributed by atoms with E-state index in [0.717, 1.165) is 5.56 Å². The summed E-state index contributed by atoms with van der Waals surface area (Å²) in [6.45, 7) is 2.61. The Labute approximate surface area is 210 Å². The fourth-order valence-corrected chi connectivity index (χ4v) is 3.47. The number of methoxy groups -OCH3 is 1. The third-order valence-corrected chi connectivity index (χ3v) is 5.15. The van der Waals surface area contributed by atoms with E-state index < -0.39 is 11.8 Å². The first-order valence-corrected chi connectivity index (χ1v) is 11.3. The molecule has 3 aromatic carbocycles. The van der Waals surface area contributed by atoms with Crippen LogP contribution >= 0.6 is 15.9 Å². The van der Waals surface area contributed by atoms with Gasteiger partial charge in [0.05, 0.1) is 24.4 Å². The van der Waals surface area contributed by atoms with Gasteiger partial charge in [-0.15, -0.1) is 0 Å². The highest BCUT2D eigenvalue weighted by Gasteiger charge is 2.14. The van der Waals surface area contributed by atoms with E-state index in [1.165, 1.54) is 25.5 Å². The minimum absolute atomic E-state index is 0.211. The zero-order valence-corrected chi connectivity index (χ0v) is 20.6. The molecule has 0 aliphatic rings. The normalized spacial score (nSPS) is 10.6. The molecule has 2 amide bonds. The van der Waals surface area contributed by atoms with Crippen LogP contribution in [0.25, 0.3) is 0 Å². The molecule has 0 unspecified atom stereocenters. The average molecular weight is 544 g/mol.